The highest BCUT2D eigenvalue weighted by atomic mass is 32.2. The molecule has 0 atom stereocenters. The van der Waals surface area contributed by atoms with Gasteiger partial charge in [0.25, 0.3) is 0 Å². The van der Waals surface area contributed by atoms with Gasteiger partial charge in [-0.3, -0.25) is 4.98 Å². The highest BCUT2D eigenvalue weighted by molar-refractivity contribution is 7.98. The van der Waals surface area contributed by atoms with E-state index in [1.165, 1.54) is 0 Å². The van der Waals surface area contributed by atoms with Gasteiger partial charge in [-0.25, -0.2) is 9.97 Å². The molecule has 0 aromatic carbocycles. The molecular weight excluding hydrogens is 248 g/mol. The normalized spacial score (nSPS) is 10.9. The largest absolute Gasteiger partial charge is 0.368 e. The number of imidazole rings is 1. The fourth-order valence-electron chi connectivity index (χ4n) is 1.55. The molecule has 0 bridgehead atoms. The van der Waals surface area contributed by atoms with Crippen LogP contribution in [0.4, 0.5) is 5.95 Å². The van der Waals surface area contributed by atoms with Gasteiger partial charge in [0.05, 0.1) is 12.0 Å². The summed E-state index contributed by atoms with van der Waals surface area (Å²) in [7, 11) is 0. The number of hydrogen-bond acceptors (Lipinski definition) is 6. The Bertz CT molecular complexity index is 666. The zero-order valence-corrected chi connectivity index (χ0v) is 10.2. The van der Waals surface area contributed by atoms with E-state index in [1.54, 1.807) is 24.3 Å². The number of nitrogens with two attached hydrogens (primary N) is 1. The lowest BCUT2D eigenvalue weighted by Gasteiger charge is -2.02. The number of pyridine rings is 1. The minimum absolute atomic E-state index is 0.234. The van der Waals surface area contributed by atoms with Crippen molar-refractivity contribution in [3.63, 3.8) is 0 Å². The molecule has 90 valence electrons. The van der Waals surface area contributed by atoms with E-state index in [4.69, 9.17) is 5.73 Å². The molecule has 18 heavy (non-hydrogen) atoms. The zero-order chi connectivity index (χ0) is 12.4. The Kier molecular flexibility index (Phi) is 2.81. The third-order valence-electron chi connectivity index (χ3n) is 2.35. The predicted molar refractivity (Wildman–Crippen MR) is 69.9 cm³/mol. The van der Waals surface area contributed by atoms with Gasteiger partial charge in [0.1, 0.15) is 10.5 Å². The number of nitrogens with zero attached hydrogens (tertiary/aromatic N) is 4. The van der Waals surface area contributed by atoms with Crippen molar-refractivity contribution in [3.8, 4) is 0 Å². The average Bonchev–Trinajstić information content (AvgIpc) is 2.85. The van der Waals surface area contributed by atoms with Crippen LogP contribution in [0.2, 0.25) is 0 Å². The first kappa shape index (κ1) is 11.0. The SMILES string of the molecule is Nc1nc(SCc2ccccn2)c2[nH]cnc2n1. The lowest BCUT2D eigenvalue weighted by molar-refractivity contribution is 1.09. The van der Waals surface area contributed by atoms with E-state index in [0.717, 1.165) is 22.0 Å². The van der Waals surface area contributed by atoms with Gasteiger partial charge < -0.3 is 10.7 Å². The molecule has 0 saturated heterocycles. The van der Waals surface area contributed by atoms with Gasteiger partial charge >= 0.3 is 0 Å². The molecule has 0 spiro atoms. The molecule has 3 aromatic rings. The van der Waals surface area contributed by atoms with Gasteiger partial charge in [-0.05, 0) is 12.1 Å². The van der Waals surface area contributed by atoms with Crippen LogP contribution in [0.15, 0.2) is 35.7 Å². The van der Waals surface area contributed by atoms with Crippen LogP contribution in [-0.2, 0) is 5.75 Å². The number of H-pyrrole nitrogens is 1. The zero-order valence-electron chi connectivity index (χ0n) is 9.37. The summed E-state index contributed by atoms with van der Waals surface area (Å²) in [5.74, 6) is 0.962. The van der Waals surface area contributed by atoms with Crippen LogP contribution < -0.4 is 5.73 Å². The standard InChI is InChI=1S/C11H10N6S/c12-11-16-9-8(14-6-15-9)10(17-11)18-5-7-3-1-2-4-13-7/h1-4,6H,5H2,(H3,12,14,15,16,17). The monoisotopic (exact) mass is 258 g/mol. The number of fused-ring (bicyclic) bond motifs is 1. The van der Waals surface area contributed by atoms with E-state index in [9.17, 15) is 0 Å². The summed E-state index contributed by atoms with van der Waals surface area (Å²) < 4.78 is 0. The Morgan fingerprint density at radius 2 is 2.17 bits per heavy atom. The summed E-state index contributed by atoms with van der Waals surface area (Å²) in [6.45, 7) is 0. The molecule has 0 saturated carbocycles. The first-order valence-corrected chi connectivity index (χ1v) is 6.31. The molecule has 3 aromatic heterocycles. The first-order chi connectivity index (χ1) is 8.83. The van der Waals surface area contributed by atoms with Crippen LogP contribution in [0.25, 0.3) is 11.2 Å². The van der Waals surface area contributed by atoms with E-state index < -0.39 is 0 Å². The minimum Gasteiger partial charge on any atom is -0.368 e. The third-order valence-corrected chi connectivity index (χ3v) is 3.36. The smallest absolute Gasteiger partial charge is 0.223 e. The van der Waals surface area contributed by atoms with E-state index >= 15 is 0 Å². The van der Waals surface area contributed by atoms with Gasteiger partial charge in [0.2, 0.25) is 5.95 Å². The highest BCUT2D eigenvalue weighted by Crippen LogP contribution is 2.25. The van der Waals surface area contributed by atoms with Gasteiger partial charge in [-0.1, -0.05) is 17.8 Å². The number of aromatic amines is 1. The number of anilines is 1. The van der Waals surface area contributed by atoms with Crippen molar-refractivity contribution in [1.29, 1.82) is 0 Å². The molecule has 3 rings (SSSR count). The Hall–Kier alpha value is -2.15. The second-order valence-corrected chi connectivity index (χ2v) is 4.56. The van der Waals surface area contributed by atoms with Gasteiger partial charge in [0.15, 0.2) is 5.65 Å². The number of rotatable bonds is 3. The number of aromatic nitrogens is 5. The quantitative estimate of drug-likeness (QED) is 0.547. The Morgan fingerprint density at radius 3 is 3.00 bits per heavy atom. The Balaban J connectivity index is 1.88. The summed E-state index contributed by atoms with van der Waals surface area (Å²) in [4.78, 5) is 19.6. The van der Waals surface area contributed by atoms with Crippen molar-refractivity contribution in [1.82, 2.24) is 24.9 Å². The maximum Gasteiger partial charge on any atom is 0.223 e. The van der Waals surface area contributed by atoms with Crippen molar-refractivity contribution in [2.24, 2.45) is 0 Å². The summed E-state index contributed by atoms with van der Waals surface area (Å²) in [6.07, 6.45) is 3.36. The first-order valence-electron chi connectivity index (χ1n) is 5.32. The average molecular weight is 258 g/mol. The molecular formula is C11H10N6S. The molecule has 0 aliphatic rings. The number of thioether (sulfide) groups is 1. The fourth-order valence-corrected chi connectivity index (χ4v) is 2.46. The molecule has 3 heterocycles. The van der Waals surface area contributed by atoms with E-state index in [-0.39, 0.29) is 5.95 Å². The number of hydrogen-bond donors (Lipinski definition) is 2. The second-order valence-electron chi connectivity index (χ2n) is 3.60. The van der Waals surface area contributed by atoms with Crippen molar-refractivity contribution >= 4 is 28.9 Å². The molecule has 0 amide bonds. The molecule has 3 N–H and O–H groups in total. The maximum atomic E-state index is 5.65. The van der Waals surface area contributed by atoms with Crippen molar-refractivity contribution < 1.29 is 0 Å². The van der Waals surface area contributed by atoms with Crippen LogP contribution in [-0.4, -0.2) is 24.9 Å². The molecule has 0 radical (unpaired) electrons. The van der Waals surface area contributed by atoms with Gasteiger partial charge in [-0.2, -0.15) is 4.98 Å². The Labute approximate surface area is 107 Å². The number of nitrogen functional groups attached to an aromatic ring is 1. The topological polar surface area (TPSA) is 93.4 Å². The lowest BCUT2D eigenvalue weighted by Crippen LogP contribution is -1.97. The Morgan fingerprint density at radius 1 is 1.22 bits per heavy atom. The van der Waals surface area contributed by atoms with Crippen LogP contribution >= 0.6 is 11.8 Å². The summed E-state index contributed by atoms with van der Waals surface area (Å²) in [5, 5.41) is 0.792. The molecule has 0 aliphatic heterocycles. The van der Waals surface area contributed by atoms with E-state index in [1.807, 2.05) is 18.2 Å². The van der Waals surface area contributed by atoms with Gasteiger partial charge in [-0.15, -0.1) is 0 Å². The van der Waals surface area contributed by atoms with Gasteiger partial charge in [0, 0.05) is 11.9 Å². The predicted octanol–water partition coefficient (Wildman–Crippen LogP) is 1.62. The van der Waals surface area contributed by atoms with Crippen molar-refractivity contribution in [2.75, 3.05) is 5.73 Å². The van der Waals surface area contributed by atoms with Crippen LogP contribution in [0, 0.1) is 0 Å². The maximum absolute atomic E-state index is 5.65. The highest BCUT2D eigenvalue weighted by Gasteiger charge is 2.09. The number of nitrogens with one attached hydrogen (secondary N) is 1. The fraction of sp³-hybridized carbons (Fsp3) is 0.0909. The molecule has 0 fully saturated rings. The van der Waals surface area contributed by atoms with Crippen molar-refractivity contribution in [2.45, 2.75) is 10.8 Å². The molecule has 6 nitrogen and oxygen atoms in total. The molecule has 0 aliphatic carbocycles. The lowest BCUT2D eigenvalue weighted by atomic mass is 10.4. The molecule has 0 unspecified atom stereocenters. The molecule has 7 heteroatoms. The summed E-state index contributed by atoms with van der Waals surface area (Å²) in [5.41, 5.74) is 8.04. The summed E-state index contributed by atoms with van der Waals surface area (Å²) >= 11 is 1.56. The van der Waals surface area contributed by atoms with E-state index in [0.29, 0.717) is 5.65 Å². The minimum atomic E-state index is 0.234. The van der Waals surface area contributed by atoms with Crippen LogP contribution in [0.1, 0.15) is 5.69 Å². The second kappa shape index (κ2) is 4.61. The third kappa shape index (κ3) is 2.12. The van der Waals surface area contributed by atoms with E-state index in [2.05, 4.69) is 24.9 Å². The van der Waals surface area contributed by atoms with Crippen LogP contribution in [0.5, 0.6) is 0 Å². The summed E-state index contributed by atoms with van der Waals surface area (Å²) in [6, 6.07) is 5.83. The van der Waals surface area contributed by atoms with Crippen molar-refractivity contribution in [3.05, 3.63) is 36.4 Å². The van der Waals surface area contributed by atoms with Crippen LogP contribution in [0.3, 0.4) is 0 Å².